The average Bonchev–Trinajstić information content (AvgIpc) is 3.27. The molecule has 0 bridgehead atoms. The molecule has 1 fully saturated rings. The molecule has 1 aromatic carbocycles. The molecule has 1 atom stereocenters. The molecule has 2 rings (SSSR count). The van der Waals surface area contributed by atoms with Gasteiger partial charge in [0.1, 0.15) is 18.5 Å². The van der Waals surface area contributed by atoms with Crippen molar-refractivity contribution in [1.29, 1.82) is 0 Å². The lowest BCUT2D eigenvalue weighted by atomic mass is 10.1. The number of nitrogens with one attached hydrogen (secondary N) is 1. The van der Waals surface area contributed by atoms with E-state index in [1.165, 1.54) is 18.4 Å². The van der Waals surface area contributed by atoms with Crippen molar-refractivity contribution in [2.45, 2.75) is 38.8 Å². The van der Waals surface area contributed by atoms with Crippen molar-refractivity contribution in [3.63, 3.8) is 0 Å². The predicted octanol–water partition coefficient (Wildman–Crippen LogP) is 1.73. The molecule has 1 saturated carbocycles. The highest BCUT2D eigenvalue weighted by atomic mass is 16.5. The predicted molar refractivity (Wildman–Crippen MR) is 85.9 cm³/mol. The smallest absolute Gasteiger partial charge is 0.122 e. The zero-order valence-corrected chi connectivity index (χ0v) is 13.4. The molecule has 1 unspecified atom stereocenters. The van der Waals surface area contributed by atoms with Crippen LogP contribution in [0.3, 0.4) is 0 Å². The van der Waals surface area contributed by atoms with Crippen LogP contribution in [0.2, 0.25) is 0 Å². The van der Waals surface area contributed by atoms with E-state index in [0.717, 1.165) is 30.4 Å². The van der Waals surface area contributed by atoms with Gasteiger partial charge in [-0.1, -0.05) is 17.7 Å². The quantitative estimate of drug-likeness (QED) is 0.680. The van der Waals surface area contributed by atoms with Crippen LogP contribution in [0.15, 0.2) is 18.2 Å². The van der Waals surface area contributed by atoms with E-state index < -0.39 is 6.10 Å². The van der Waals surface area contributed by atoms with Gasteiger partial charge in [-0.3, -0.25) is 0 Å². The lowest BCUT2D eigenvalue weighted by molar-refractivity contribution is 0.105. The number of aryl methyl sites for hydroxylation is 2. The fraction of sp³-hybridized carbons (Fsp3) is 0.647. The van der Waals surface area contributed by atoms with Crippen LogP contribution in [0.4, 0.5) is 0 Å². The summed E-state index contributed by atoms with van der Waals surface area (Å²) in [6.45, 7) is 6.94. The van der Waals surface area contributed by atoms with Crippen molar-refractivity contribution in [3.05, 3.63) is 29.3 Å². The molecular formula is C17H28N2O2. The second kappa shape index (κ2) is 7.78. The summed E-state index contributed by atoms with van der Waals surface area (Å²) in [5.41, 5.74) is 2.34. The average molecular weight is 292 g/mol. The number of aliphatic hydroxyl groups is 1. The van der Waals surface area contributed by atoms with Crippen molar-refractivity contribution in [1.82, 2.24) is 10.2 Å². The number of ether oxygens (including phenoxy) is 1. The normalized spacial score (nSPS) is 16.2. The van der Waals surface area contributed by atoms with Gasteiger partial charge < -0.3 is 20.1 Å². The van der Waals surface area contributed by atoms with Gasteiger partial charge in [0.15, 0.2) is 0 Å². The third-order valence-corrected chi connectivity index (χ3v) is 3.95. The minimum absolute atomic E-state index is 0.329. The molecule has 2 N–H and O–H groups in total. The number of rotatable bonds is 9. The Kier molecular flexibility index (Phi) is 6.03. The van der Waals surface area contributed by atoms with E-state index in [2.05, 4.69) is 30.3 Å². The van der Waals surface area contributed by atoms with E-state index in [9.17, 15) is 5.11 Å². The van der Waals surface area contributed by atoms with Gasteiger partial charge in [0, 0.05) is 25.7 Å². The first-order valence-corrected chi connectivity index (χ1v) is 7.85. The van der Waals surface area contributed by atoms with Gasteiger partial charge in [0.05, 0.1) is 0 Å². The first kappa shape index (κ1) is 16.3. The first-order valence-electron chi connectivity index (χ1n) is 7.85. The topological polar surface area (TPSA) is 44.7 Å². The summed E-state index contributed by atoms with van der Waals surface area (Å²) >= 11 is 0. The van der Waals surface area contributed by atoms with E-state index in [1.807, 2.05) is 19.1 Å². The summed E-state index contributed by atoms with van der Waals surface area (Å²) in [4.78, 5) is 2.38. The first-order chi connectivity index (χ1) is 10.1. The largest absolute Gasteiger partial charge is 0.491 e. The highest BCUT2D eigenvalue weighted by Crippen LogP contribution is 2.24. The van der Waals surface area contributed by atoms with Crippen LogP contribution in [0, 0.1) is 13.8 Å². The number of hydrogen-bond donors (Lipinski definition) is 2. The van der Waals surface area contributed by atoms with Crippen LogP contribution in [-0.2, 0) is 0 Å². The third kappa shape index (κ3) is 5.65. The maximum absolute atomic E-state index is 9.94. The standard InChI is InChI=1S/C17H28N2O2/c1-13-4-7-17(14(2)10-13)21-12-16(20)11-18-8-9-19(3)15-5-6-15/h4,7,10,15-16,18,20H,5-6,8-9,11-12H2,1-3H3. The van der Waals surface area contributed by atoms with Crippen LogP contribution < -0.4 is 10.1 Å². The Labute approximate surface area is 128 Å². The van der Waals surface area contributed by atoms with Crippen molar-refractivity contribution >= 4 is 0 Å². The van der Waals surface area contributed by atoms with Gasteiger partial charge in [-0.15, -0.1) is 0 Å². The summed E-state index contributed by atoms with van der Waals surface area (Å²) in [6.07, 6.45) is 2.20. The number of hydrogen-bond acceptors (Lipinski definition) is 4. The molecule has 0 amide bonds. The molecular weight excluding hydrogens is 264 g/mol. The Balaban J connectivity index is 1.59. The van der Waals surface area contributed by atoms with Gasteiger partial charge in [-0.05, 0) is 45.4 Å². The molecule has 0 saturated heterocycles. The Morgan fingerprint density at radius 3 is 2.81 bits per heavy atom. The van der Waals surface area contributed by atoms with Gasteiger partial charge in [-0.25, -0.2) is 0 Å². The van der Waals surface area contributed by atoms with Crippen LogP contribution in [-0.4, -0.2) is 55.4 Å². The SMILES string of the molecule is Cc1ccc(OCC(O)CNCCN(C)C2CC2)c(C)c1. The van der Waals surface area contributed by atoms with Crippen molar-refractivity contribution < 1.29 is 9.84 Å². The van der Waals surface area contributed by atoms with E-state index in [4.69, 9.17) is 4.74 Å². The number of likely N-dealkylation sites (N-methyl/N-ethyl adjacent to an activating group) is 1. The number of benzene rings is 1. The summed E-state index contributed by atoms with van der Waals surface area (Å²) in [5, 5.41) is 13.2. The summed E-state index contributed by atoms with van der Waals surface area (Å²) < 4.78 is 5.68. The minimum atomic E-state index is -0.475. The van der Waals surface area contributed by atoms with E-state index >= 15 is 0 Å². The monoisotopic (exact) mass is 292 g/mol. The van der Waals surface area contributed by atoms with Gasteiger partial charge in [0.25, 0.3) is 0 Å². The van der Waals surface area contributed by atoms with Gasteiger partial charge >= 0.3 is 0 Å². The summed E-state index contributed by atoms with van der Waals surface area (Å²) in [6, 6.07) is 6.88. The Morgan fingerprint density at radius 1 is 1.38 bits per heavy atom. The highest BCUT2D eigenvalue weighted by Gasteiger charge is 2.25. The number of nitrogens with zero attached hydrogens (tertiary/aromatic N) is 1. The van der Waals surface area contributed by atoms with Crippen molar-refractivity contribution in [2.24, 2.45) is 0 Å². The minimum Gasteiger partial charge on any atom is -0.491 e. The molecule has 4 nitrogen and oxygen atoms in total. The maximum atomic E-state index is 9.94. The molecule has 0 spiro atoms. The van der Waals surface area contributed by atoms with Gasteiger partial charge in [-0.2, -0.15) is 0 Å². The van der Waals surface area contributed by atoms with Crippen LogP contribution >= 0.6 is 0 Å². The van der Waals surface area contributed by atoms with E-state index in [1.54, 1.807) is 0 Å². The number of aliphatic hydroxyl groups excluding tert-OH is 1. The lowest BCUT2D eigenvalue weighted by Crippen LogP contribution is -2.36. The zero-order valence-electron chi connectivity index (χ0n) is 13.4. The zero-order chi connectivity index (χ0) is 15.2. The lowest BCUT2D eigenvalue weighted by Gasteiger charge is -2.18. The van der Waals surface area contributed by atoms with Crippen molar-refractivity contribution in [3.8, 4) is 5.75 Å². The van der Waals surface area contributed by atoms with Crippen LogP contribution in [0.5, 0.6) is 5.75 Å². The molecule has 0 radical (unpaired) electrons. The van der Waals surface area contributed by atoms with E-state index in [-0.39, 0.29) is 0 Å². The van der Waals surface area contributed by atoms with Crippen molar-refractivity contribution in [2.75, 3.05) is 33.3 Å². The fourth-order valence-corrected chi connectivity index (χ4v) is 2.43. The molecule has 4 heteroatoms. The summed E-state index contributed by atoms with van der Waals surface area (Å²) in [7, 11) is 2.17. The molecule has 0 aromatic heterocycles. The summed E-state index contributed by atoms with van der Waals surface area (Å²) in [5.74, 6) is 0.855. The molecule has 1 aromatic rings. The molecule has 0 heterocycles. The molecule has 0 aliphatic heterocycles. The second-order valence-corrected chi connectivity index (χ2v) is 6.15. The Hall–Kier alpha value is -1.10. The highest BCUT2D eigenvalue weighted by molar-refractivity contribution is 5.35. The molecule has 118 valence electrons. The molecule has 21 heavy (non-hydrogen) atoms. The van der Waals surface area contributed by atoms with Crippen LogP contribution in [0.1, 0.15) is 24.0 Å². The second-order valence-electron chi connectivity index (χ2n) is 6.15. The van der Waals surface area contributed by atoms with Gasteiger partial charge in [0.2, 0.25) is 0 Å². The van der Waals surface area contributed by atoms with Crippen LogP contribution in [0.25, 0.3) is 0 Å². The maximum Gasteiger partial charge on any atom is 0.122 e. The Bertz CT molecular complexity index is 446. The Morgan fingerprint density at radius 2 is 2.14 bits per heavy atom. The molecule has 1 aliphatic rings. The van der Waals surface area contributed by atoms with E-state index in [0.29, 0.717) is 13.2 Å². The molecule has 1 aliphatic carbocycles. The fourth-order valence-electron chi connectivity index (χ4n) is 2.43. The third-order valence-electron chi connectivity index (χ3n) is 3.95.